The van der Waals surface area contributed by atoms with E-state index < -0.39 is 0 Å². The third-order valence-corrected chi connectivity index (χ3v) is 9.79. The van der Waals surface area contributed by atoms with Gasteiger partial charge in [0.25, 0.3) is 0 Å². The van der Waals surface area contributed by atoms with Crippen molar-refractivity contribution in [3.05, 3.63) is 57.1 Å². The van der Waals surface area contributed by atoms with Gasteiger partial charge in [-0.05, 0) is 75.0 Å². The van der Waals surface area contributed by atoms with E-state index >= 15 is 0 Å². The summed E-state index contributed by atoms with van der Waals surface area (Å²) in [4.78, 5) is 29.7. The summed E-state index contributed by atoms with van der Waals surface area (Å²) in [6, 6.07) is 9.48. The molecular weight excluding hydrogens is 499 g/mol. The number of likely N-dealkylation sites (N-methyl/N-ethyl adjacent to an activating group) is 2. The minimum atomic E-state index is -0.311. The minimum absolute atomic E-state index is 0.0360. The zero-order valence-corrected chi connectivity index (χ0v) is 22.2. The molecule has 2 heterocycles. The van der Waals surface area contributed by atoms with E-state index in [1.807, 2.05) is 30.1 Å². The second-order valence-corrected chi connectivity index (χ2v) is 11.6. The lowest BCUT2D eigenvalue weighted by Crippen LogP contribution is -2.68. The van der Waals surface area contributed by atoms with Crippen molar-refractivity contribution in [1.82, 2.24) is 9.80 Å². The van der Waals surface area contributed by atoms with E-state index in [2.05, 4.69) is 11.9 Å². The Morgan fingerprint density at radius 1 is 1.19 bits per heavy atom. The zero-order valence-electron chi connectivity index (χ0n) is 20.7. The molecular formula is C28H30Cl2N2O4. The van der Waals surface area contributed by atoms with Crippen LogP contribution in [0.3, 0.4) is 0 Å². The summed E-state index contributed by atoms with van der Waals surface area (Å²) in [6.07, 6.45) is 3.86. The topological polar surface area (TPSA) is 59.1 Å². The predicted molar refractivity (Wildman–Crippen MR) is 138 cm³/mol. The van der Waals surface area contributed by atoms with Crippen LogP contribution in [0, 0.1) is 5.92 Å². The summed E-state index contributed by atoms with van der Waals surface area (Å²) in [6.45, 7) is 2.42. The molecule has 0 radical (unpaired) electrons. The second-order valence-electron chi connectivity index (χ2n) is 10.8. The summed E-state index contributed by atoms with van der Waals surface area (Å²) in [5.41, 5.74) is 2.98. The van der Waals surface area contributed by atoms with E-state index in [0.717, 1.165) is 49.1 Å². The van der Waals surface area contributed by atoms with Crippen molar-refractivity contribution >= 4 is 35.1 Å². The molecule has 8 heteroatoms. The molecule has 2 aliphatic heterocycles. The Bertz CT molecular complexity index is 1270. The van der Waals surface area contributed by atoms with Gasteiger partial charge >= 0.3 is 5.97 Å². The van der Waals surface area contributed by atoms with Crippen LogP contribution in [0.2, 0.25) is 10.0 Å². The Labute approximate surface area is 221 Å². The molecule has 1 spiro atoms. The molecule has 4 aliphatic rings. The van der Waals surface area contributed by atoms with Crippen LogP contribution in [0.15, 0.2) is 30.3 Å². The number of hydrogen-bond donors (Lipinski definition) is 0. The number of likely N-dealkylation sites (tertiary alicyclic amines) is 1. The number of piperidine rings is 1. The van der Waals surface area contributed by atoms with Gasteiger partial charge in [0.05, 0.1) is 22.5 Å². The molecule has 1 saturated heterocycles. The van der Waals surface area contributed by atoms with Crippen LogP contribution in [0.5, 0.6) is 11.5 Å². The van der Waals surface area contributed by atoms with Crippen molar-refractivity contribution in [3.63, 3.8) is 0 Å². The van der Waals surface area contributed by atoms with Gasteiger partial charge in [0.15, 0.2) is 0 Å². The molecule has 1 amide bonds. The molecule has 2 fully saturated rings. The molecule has 36 heavy (non-hydrogen) atoms. The summed E-state index contributed by atoms with van der Waals surface area (Å²) < 4.78 is 12.4. The summed E-state index contributed by atoms with van der Waals surface area (Å²) in [5.74, 6) is 1.70. The Balaban J connectivity index is 1.36. The number of halogens is 2. The van der Waals surface area contributed by atoms with Crippen LogP contribution < -0.4 is 9.47 Å². The van der Waals surface area contributed by atoms with E-state index in [-0.39, 0.29) is 35.9 Å². The second kappa shape index (κ2) is 8.64. The molecule has 6 nitrogen and oxygen atoms in total. The highest BCUT2D eigenvalue weighted by atomic mass is 35.5. The SMILES string of the molecule is CC(=O)Oc1ccc2c3c1C[C@@H]1[C@@H]4CC[C@@H](N(C)C(=O)Cc5ccc(Cl)c(Cl)c5)[C@H](O2)[C@]34CCN1C. The van der Waals surface area contributed by atoms with Crippen LogP contribution in [-0.4, -0.2) is 60.5 Å². The summed E-state index contributed by atoms with van der Waals surface area (Å²) >= 11 is 12.2. The van der Waals surface area contributed by atoms with E-state index in [1.54, 1.807) is 12.1 Å². The number of nitrogens with zero attached hydrogens (tertiary/aromatic N) is 2. The highest BCUT2D eigenvalue weighted by molar-refractivity contribution is 6.42. The fourth-order valence-corrected chi connectivity index (χ4v) is 7.81. The van der Waals surface area contributed by atoms with Crippen LogP contribution in [0.25, 0.3) is 0 Å². The number of benzene rings is 2. The number of carbonyl (C=O) groups excluding carboxylic acids is 2. The van der Waals surface area contributed by atoms with E-state index in [1.165, 1.54) is 12.5 Å². The fourth-order valence-electron chi connectivity index (χ4n) is 7.49. The fraction of sp³-hybridized carbons (Fsp3) is 0.500. The Morgan fingerprint density at radius 3 is 2.75 bits per heavy atom. The highest BCUT2D eigenvalue weighted by Crippen LogP contribution is 2.63. The van der Waals surface area contributed by atoms with Gasteiger partial charge in [-0.2, -0.15) is 0 Å². The Kier molecular flexibility index (Phi) is 5.78. The Morgan fingerprint density at radius 2 is 2.00 bits per heavy atom. The lowest BCUT2D eigenvalue weighted by atomic mass is 9.51. The largest absolute Gasteiger partial charge is 0.487 e. The molecule has 0 unspecified atom stereocenters. The normalized spacial score (nSPS) is 29.8. The predicted octanol–water partition coefficient (Wildman–Crippen LogP) is 4.66. The number of esters is 1. The number of carbonyl (C=O) groups is 2. The molecule has 6 rings (SSSR count). The Hall–Kier alpha value is -2.28. The van der Waals surface area contributed by atoms with Crippen molar-refractivity contribution < 1.29 is 19.1 Å². The van der Waals surface area contributed by atoms with Gasteiger partial charge in [-0.3, -0.25) is 9.59 Å². The van der Waals surface area contributed by atoms with Crippen molar-refractivity contribution in [2.45, 2.75) is 62.6 Å². The van der Waals surface area contributed by atoms with E-state index in [9.17, 15) is 9.59 Å². The molecule has 2 aliphatic carbocycles. The van der Waals surface area contributed by atoms with Gasteiger partial charge < -0.3 is 19.3 Å². The van der Waals surface area contributed by atoms with E-state index in [0.29, 0.717) is 27.8 Å². The van der Waals surface area contributed by atoms with Crippen molar-refractivity contribution in [2.75, 3.05) is 20.6 Å². The first kappa shape index (κ1) is 24.1. The quantitative estimate of drug-likeness (QED) is 0.426. The van der Waals surface area contributed by atoms with Gasteiger partial charge in [0, 0.05) is 36.6 Å². The van der Waals surface area contributed by atoms with Gasteiger partial charge in [-0.25, -0.2) is 0 Å². The van der Waals surface area contributed by atoms with Gasteiger partial charge in [-0.1, -0.05) is 29.3 Å². The van der Waals surface area contributed by atoms with Crippen LogP contribution in [0.1, 0.15) is 42.9 Å². The molecule has 2 bridgehead atoms. The molecule has 2 aromatic rings. The first-order valence-electron chi connectivity index (χ1n) is 12.6. The highest BCUT2D eigenvalue weighted by Gasteiger charge is 2.66. The van der Waals surface area contributed by atoms with Gasteiger partial charge in [0.1, 0.15) is 17.6 Å². The zero-order chi connectivity index (χ0) is 25.4. The maximum absolute atomic E-state index is 13.5. The minimum Gasteiger partial charge on any atom is -0.487 e. The molecule has 190 valence electrons. The number of rotatable bonds is 4. The van der Waals surface area contributed by atoms with E-state index in [4.69, 9.17) is 32.7 Å². The third-order valence-electron chi connectivity index (χ3n) is 9.05. The maximum atomic E-state index is 13.5. The lowest BCUT2D eigenvalue weighted by Gasteiger charge is -2.59. The van der Waals surface area contributed by atoms with Crippen LogP contribution >= 0.6 is 23.2 Å². The average Bonchev–Trinajstić information content (AvgIpc) is 3.17. The molecule has 1 saturated carbocycles. The van der Waals surface area contributed by atoms with Gasteiger partial charge in [0.2, 0.25) is 5.91 Å². The average molecular weight is 529 g/mol. The molecule has 2 aromatic carbocycles. The standard InChI is InChI=1S/C28H30Cl2N2O4/c1-15(33)35-23-8-9-24-26-17(23)14-22-18-5-7-21(27(36-24)28(18,26)10-11-31(22)2)32(3)25(34)13-16-4-6-19(29)20(30)12-16/h4,6,8-9,12,18,21-22,27H,5,7,10-11,13-14H2,1-3H3/t18-,21+,22+,27-,28-/m0/s1. The summed E-state index contributed by atoms with van der Waals surface area (Å²) in [5, 5.41) is 0.933. The van der Waals surface area contributed by atoms with Crippen LogP contribution in [-0.2, 0) is 27.8 Å². The van der Waals surface area contributed by atoms with Crippen molar-refractivity contribution in [2.24, 2.45) is 5.92 Å². The maximum Gasteiger partial charge on any atom is 0.308 e. The first-order valence-corrected chi connectivity index (χ1v) is 13.4. The monoisotopic (exact) mass is 528 g/mol. The number of amides is 1. The van der Waals surface area contributed by atoms with Crippen LogP contribution in [0.4, 0.5) is 0 Å². The van der Waals surface area contributed by atoms with Crippen molar-refractivity contribution in [3.8, 4) is 11.5 Å². The third kappa shape index (κ3) is 3.48. The van der Waals surface area contributed by atoms with Gasteiger partial charge in [-0.15, -0.1) is 0 Å². The number of ether oxygens (including phenoxy) is 2. The molecule has 5 atom stereocenters. The first-order chi connectivity index (χ1) is 17.2. The van der Waals surface area contributed by atoms with Crippen molar-refractivity contribution in [1.29, 1.82) is 0 Å². The number of hydrogen-bond acceptors (Lipinski definition) is 5. The molecule has 0 aromatic heterocycles. The lowest BCUT2D eigenvalue weighted by molar-refractivity contribution is -0.139. The molecule has 0 N–H and O–H groups in total. The smallest absolute Gasteiger partial charge is 0.308 e. The summed E-state index contributed by atoms with van der Waals surface area (Å²) in [7, 11) is 4.09.